The topological polar surface area (TPSA) is 55.3 Å². The average Bonchev–Trinajstić information content (AvgIpc) is 2.82. The van der Waals surface area contributed by atoms with Gasteiger partial charge < -0.3 is 9.64 Å². The molecule has 0 amide bonds. The van der Waals surface area contributed by atoms with Crippen molar-refractivity contribution in [3.05, 3.63) is 18.1 Å². The maximum absolute atomic E-state index is 11.2. The van der Waals surface area contributed by atoms with Crippen LogP contribution >= 0.6 is 0 Å². The van der Waals surface area contributed by atoms with Gasteiger partial charge in [-0.05, 0) is 17.8 Å². The summed E-state index contributed by atoms with van der Waals surface area (Å²) in [4.78, 5) is 21.8. The summed E-state index contributed by atoms with van der Waals surface area (Å²) in [7, 11) is 1.34. The normalized spacial score (nSPS) is 30.0. The number of methoxy groups -OCH3 is 1. The minimum Gasteiger partial charge on any atom is -0.464 e. The molecule has 5 nitrogen and oxygen atoms in total. The maximum Gasteiger partial charge on any atom is 0.358 e. The zero-order valence-corrected chi connectivity index (χ0v) is 9.96. The Hall–Kier alpha value is -1.65. The average molecular weight is 233 g/mol. The van der Waals surface area contributed by atoms with Gasteiger partial charge in [-0.1, -0.05) is 6.92 Å². The Labute approximate surface area is 99.8 Å². The molecular formula is C12H15N3O2. The molecule has 0 bridgehead atoms. The first-order valence-corrected chi connectivity index (χ1v) is 5.86. The molecule has 90 valence electrons. The van der Waals surface area contributed by atoms with E-state index in [0.29, 0.717) is 0 Å². The predicted molar refractivity (Wildman–Crippen MR) is 61.7 cm³/mol. The molecule has 0 radical (unpaired) electrons. The molecule has 1 aromatic rings. The van der Waals surface area contributed by atoms with Gasteiger partial charge in [-0.2, -0.15) is 0 Å². The Morgan fingerprint density at radius 1 is 1.35 bits per heavy atom. The lowest BCUT2D eigenvalue weighted by atomic mass is 10.3. The van der Waals surface area contributed by atoms with Crippen LogP contribution in [-0.2, 0) is 4.74 Å². The summed E-state index contributed by atoms with van der Waals surface area (Å²) in [5.41, 5.74) is 0.258. The molecule has 2 heterocycles. The van der Waals surface area contributed by atoms with Crippen LogP contribution in [0, 0.1) is 17.8 Å². The van der Waals surface area contributed by atoms with Gasteiger partial charge in [0.15, 0.2) is 5.69 Å². The molecule has 1 aromatic heterocycles. The van der Waals surface area contributed by atoms with E-state index in [0.717, 1.165) is 36.7 Å². The van der Waals surface area contributed by atoms with Crippen LogP contribution in [0.1, 0.15) is 17.4 Å². The van der Waals surface area contributed by atoms with Gasteiger partial charge in [0, 0.05) is 13.1 Å². The van der Waals surface area contributed by atoms with Crippen LogP contribution in [0.15, 0.2) is 12.4 Å². The molecule has 1 saturated carbocycles. The summed E-state index contributed by atoms with van der Waals surface area (Å²) in [6.07, 6.45) is 3.14. The van der Waals surface area contributed by atoms with Crippen LogP contribution in [0.3, 0.4) is 0 Å². The van der Waals surface area contributed by atoms with Crippen molar-refractivity contribution >= 4 is 11.8 Å². The molecule has 2 fully saturated rings. The number of ether oxygens (including phenoxy) is 1. The monoisotopic (exact) mass is 233 g/mol. The number of carbonyl (C=O) groups excluding carboxylic acids is 1. The van der Waals surface area contributed by atoms with Gasteiger partial charge in [0.05, 0.1) is 19.5 Å². The molecular weight excluding hydrogens is 218 g/mol. The van der Waals surface area contributed by atoms with Crippen molar-refractivity contribution in [1.29, 1.82) is 0 Å². The first-order chi connectivity index (χ1) is 8.20. The summed E-state index contributed by atoms with van der Waals surface area (Å²) < 4.78 is 4.58. The highest BCUT2D eigenvalue weighted by Crippen LogP contribution is 2.51. The molecule has 1 saturated heterocycles. The lowest BCUT2D eigenvalue weighted by molar-refractivity contribution is 0.0593. The van der Waals surface area contributed by atoms with E-state index in [1.165, 1.54) is 13.3 Å². The van der Waals surface area contributed by atoms with Crippen molar-refractivity contribution in [2.24, 2.45) is 17.8 Å². The minimum atomic E-state index is -0.443. The molecule has 0 aromatic carbocycles. The number of hydrogen-bond acceptors (Lipinski definition) is 5. The highest BCUT2D eigenvalue weighted by molar-refractivity contribution is 5.86. The van der Waals surface area contributed by atoms with Crippen molar-refractivity contribution in [2.75, 3.05) is 25.1 Å². The highest BCUT2D eigenvalue weighted by atomic mass is 16.5. The van der Waals surface area contributed by atoms with Gasteiger partial charge in [-0.3, -0.25) is 0 Å². The van der Waals surface area contributed by atoms with E-state index in [4.69, 9.17) is 0 Å². The molecule has 2 unspecified atom stereocenters. The van der Waals surface area contributed by atoms with E-state index in [2.05, 4.69) is 26.5 Å². The summed E-state index contributed by atoms with van der Waals surface area (Å²) in [6, 6.07) is 0. The third-order valence-corrected chi connectivity index (χ3v) is 3.98. The Morgan fingerprint density at radius 3 is 2.59 bits per heavy atom. The molecule has 2 atom stereocenters. The van der Waals surface area contributed by atoms with E-state index < -0.39 is 5.97 Å². The largest absolute Gasteiger partial charge is 0.464 e. The van der Waals surface area contributed by atoms with Gasteiger partial charge in [0.1, 0.15) is 5.82 Å². The van der Waals surface area contributed by atoms with Crippen molar-refractivity contribution in [2.45, 2.75) is 6.92 Å². The maximum atomic E-state index is 11.2. The Kier molecular flexibility index (Phi) is 2.28. The van der Waals surface area contributed by atoms with Crippen LogP contribution < -0.4 is 4.90 Å². The Bertz CT molecular complexity index is 434. The second-order valence-corrected chi connectivity index (χ2v) is 4.84. The van der Waals surface area contributed by atoms with Gasteiger partial charge in [-0.15, -0.1) is 0 Å². The fourth-order valence-corrected chi connectivity index (χ4v) is 2.71. The van der Waals surface area contributed by atoms with Crippen LogP contribution in [-0.4, -0.2) is 36.1 Å². The van der Waals surface area contributed by atoms with Gasteiger partial charge in [0.25, 0.3) is 0 Å². The van der Waals surface area contributed by atoms with Crippen molar-refractivity contribution in [3.8, 4) is 0 Å². The van der Waals surface area contributed by atoms with Crippen molar-refractivity contribution < 1.29 is 9.53 Å². The van der Waals surface area contributed by atoms with Gasteiger partial charge in [0.2, 0.25) is 0 Å². The molecule has 1 aliphatic heterocycles. The fourth-order valence-electron chi connectivity index (χ4n) is 2.71. The van der Waals surface area contributed by atoms with E-state index in [1.54, 1.807) is 6.20 Å². The fraction of sp³-hybridized carbons (Fsp3) is 0.583. The molecule has 1 aliphatic carbocycles. The minimum absolute atomic E-state index is 0.258. The highest BCUT2D eigenvalue weighted by Gasteiger charge is 2.52. The number of anilines is 1. The summed E-state index contributed by atoms with van der Waals surface area (Å²) in [5, 5.41) is 0. The summed E-state index contributed by atoms with van der Waals surface area (Å²) in [5.74, 6) is 2.95. The zero-order chi connectivity index (χ0) is 12.0. The number of piperidine rings is 1. The SMILES string of the molecule is COC(=O)c1cnc(N2CC3C(C)C3C2)cn1. The van der Waals surface area contributed by atoms with Crippen LogP contribution in [0.2, 0.25) is 0 Å². The number of aromatic nitrogens is 2. The number of fused-ring (bicyclic) bond motifs is 1. The first-order valence-electron chi connectivity index (χ1n) is 5.86. The first kappa shape index (κ1) is 10.5. The summed E-state index contributed by atoms with van der Waals surface area (Å²) >= 11 is 0. The number of nitrogens with zero attached hydrogens (tertiary/aromatic N) is 3. The molecule has 3 rings (SSSR count). The van der Waals surface area contributed by atoms with Gasteiger partial charge in [-0.25, -0.2) is 14.8 Å². The lowest BCUT2D eigenvalue weighted by Gasteiger charge is -2.19. The van der Waals surface area contributed by atoms with Crippen LogP contribution in [0.4, 0.5) is 5.82 Å². The van der Waals surface area contributed by atoms with Crippen molar-refractivity contribution in [3.63, 3.8) is 0 Å². The third-order valence-electron chi connectivity index (χ3n) is 3.98. The van der Waals surface area contributed by atoms with Crippen LogP contribution in [0.5, 0.6) is 0 Å². The smallest absolute Gasteiger partial charge is 0.358 e. The number of rotatable bonds is 2. The molecule has 5 heteroatoms. The zero-order valence-electron chi connectivity index (χ0n) is 9.96. The number of hydrogen-bond donors (Lipinski definition) is 0. The molecule has 17 heavy (non-hydrogen) atoms. The second kappa shape index (κ2) is 3.68. The van der Waals surface area contributed by atoms with Gasteiger partial charge >= 0.3 is 5.97 Å². The second-order valence-electron chi connectivity index (χ2n) is 4.84. The Morgan fingerprint density at radius 2 is 2.06 bits per heavy atom. The lowest BCUT2D eigenvalue weighted by Crippen LogP contribution is -2.24. The number of esters is 1. The van der Waals surface area contributed by atoms with E-state index in [-0.39, 0.29) is 5.69 Å². The van der Waals surface area contributed by atoms with Crippen LogP contribution in [0.25, 0.3) is 0 Å². The summed E-state index contributed by atoms with van der Waals surface area (Å²) in [6.45, 7) is 4.44. The standard InChI is InChI=1S/C12H15N3O2/c1-7-8-5-15(6-9(7)8)11-4-13-10(3-14-11)12(16)17-2/h3-4,7-9H,5-6H2,1-2H3. The molecule has 2 aliphatic rings. The van der Waals surface area contributed by atoms with E-state index in [9.17, 15) is 4.79 Å². The predicted octanol–water partition coefficient (Wildman–Crippen LogP) is 0.965. The third kappa shape index (κ3) is 1.66. The van der Waals surface area contributed by atoms with E-state index in [1.807, 2.05) is 0 Å². The number of carbonyl (C=O) groups is 1. The Balaban J connectivity index is 1.71. The molecule has 0 spiro atoms. The molecule has 0 N–H and O–H groups in total. The van der Waals surface area contributed by atoms with E-state index >= 15 is 0 Å². The van der Waals surface area contributed by atoms with Crippen molar-refractivity contribution in [1.82, 2.24) is 9.97 Å². The quantitative estimate of drug-likeness (QED) is 0.712.